The summed E-state index contributed by atoms with van der Waals surface area (Å²) in [6.45, 7) is 0. The first-order valence-corrected chi connectivity index (χ1v) is 9.75. The van der Waals surface area contributed by atoms with Crippen LogP contribution in [0, 0.1) is 0 Å². The third-order valence-electron chi connectivity index (χ3n) is 2.06. The molecule has 7 nitrogen and oxygen atoms in total. The maximum absolute atomic E-state index is 12.3. The highest BCUT2D eigenvalue weighted by Crippen LogP contribution is 2.45. The highest BCUT2D eigenvalue weighted by atomic mass is 80.0. The molecular weight excluding hydrogens is 512 g/mol. The fraction of sp³-hybridized carbons (Fsp3) is 0.125. The molecule has 12 heteroatoms. The molecule has 0 fully saturated rings. The molecule has 0 heterocycles. The molecule has 20 heavy (non-hydrogen) atoms. The van der Waals surface area contributed by atoms with Gasteiger partial charge in [0, 0.05) is 0 Å². The Bertz CT molecular complexity index is 762. The van der Waals surface area contributed by atoms with E-state index in [1.54, 1.807) is 0 Å². The van der Waals surface area contributed by atoms with Crippen LogP contribution in [-0.2, 0) is 20.0 Å². The number of aromatic carboxylic acids is 1. The predicted molar refractivity (Wildman–Crippen MR) is 79.9 cm³/mol. The highest BCUT2D eigenvalue weighted by Gasteiger charge is 2.43. The first-order valence-electron chi connectivity index (χ1n) is 4.45. The number of carboxylic acid groups (broad SMARTS) is 1. The molecular formula is C8H5Br3O7S2. The molecule has 0 unspecified atom stereocenters. The Hall–Kier alpha value is -0.0100. The van der Waals surface area contributed by atoms with E-state index in [1.807, 2.05) is 0 Å². The lowest BCUT2D eigenvalue weighted by Crippen LogP contribution is -2.23. The molecule has 1 aromatic rings. The van der Waals surface area contributed by atoms with E-state index in [2.05, 4.69) is 47.8 Å². The Labute approximate surface area is 139 Å². The molecule has 0 saturated carbocycles. The van der Waals surface area contributed by atoms with Crippen molar-refractivity contribution in [3.8, 4) is 0 Å². The molecule has 0 bridgehead atoms. The van der Waals surface area contributed by atoms with Gasteiger partial charge in [0.2, 0.25) is 11.3 Å². The zero-order valence-corrected chi connectivity index (χ0v) is 15.5. The van der Waals surface area contributed by atoms with E-state index in [-0.39, 0.29) is 0 Å². The summed E-state index contributed by atoms with van der Waals surface area (Å²) in [6.07, 6.45) is 0. The second-order valence-corrected chi connectivity index (χ2v) is 15.1. The minimum absolute atomic E-state index is 0.785. The Kier molecular flexibility index (Phi) is 5.09. The quantitative estimate of drug-likeness (QED) is 0.466. The first-order chi connectivity index (χ1) is 8.80. The van der Waals surface area contributed by atoms with Crippen molar-refractivity contribution in [1.29, 1.82) is 0 Å². The van der Waals surface area contributed by atoms with Gasteiger partial charge in [-0.3, -0.25) is 4.55 Å². The highest BCUT2D eigenvalue weighted by molar-refractivity contribution is 9.42. The number of rotatable bonds is 3. The molecule has 0 aliphatic heterocycles. The molecule has 0 atom stereocenters. The second-order valence-electron chi connectivity index (χ2n) is 3.36. The summed E-state index contributed by atoms with van der Waals surface area (Å²) in [4.78, 5) is 9.02. The standard InChI is InChI=1S/C8H5Br3O7S2/c9-8(10,11)19(14,15)6-4(7(12)13)2-1-3-5(6)20(16,17)18/h1-3H,(H,12,13)(H,16,17,18). The molecule has 112 valence electrons. The van der Waals surface area contributed by atoms with E-state index >= 15 is 0 Å². The van der Waals surface area contributed by atoms with E-state index < -0.39 is 42.8 Å². The Morgan fingerprint density at radius 2 is 1.60 bits per heavy atom. The monoisotopic (exact) mass is 514 g/mol. The average Bonchev–Trinajstić information content (AvgIpc) is 2.25. The maximum Gasteiger partial charge on any atom is 0.337 e. The maximum atomic E-state index is 12.3. The fourth-order valence-corrected chi connectivity index (χ4v) is 4.99. The Morgan fingerprint density at radius 1 is 1.10 bits per heavy atom. The van der Waals surface area contributed by atoms with E-state index in [0.29, 0.717) is 0 Å². The number of carboxylic acids is 1. The predicted octanol–water partition coefficient (Wildman–Crippen LogP) is 2.20. The largest absolute Gasteiger partial charge is 0.478 e. The van der Waals surface area contributed by atoms with Gasteiger partial charge in [0.1, 0.15) is 9.79 Å². The second kappa shape index (κ2) is 5.65. The number of hydrogen-bond acceptors (Lipinski definition) is 5. The average molecular weight is 517 g/mol. The molecule has 0 aromatic heterocycles. The van der Waals surface area contributed by atoms with Crippen molar-refractivity contribution in [2.75, 3.05) is 0 Å². The fourth-order valence-electron chi connectivity index (χ4n) is 1.28. The number of sulfone groups is 1. The molecule has 0 spiro atoms. The summed E-state index contributed by atoms with van der Waals surface area (Å²) in [5.74, 6) is -1.66. The van der Waals surface area contributed by atoms with Crippen molar-refractivity contribution >= 4 is 73.7 Å². The van der Waals surface area contributed by atoms with Gasteiger partial charge < -0.3 is 5.11 Å². The summed E-state index contributed by atoms with van der Waals surface area (Å²) in [7, 11) is -9.47. The summed E-state index contributed by atoms with van der Waals surface area (Å²) in [5.41, 5.74) is -0.789. The van der Waals surface area contributed by atoms with Crippen molar-refractivity contribution in [2.24, 2.45) is 0 Å². The van der Waals surface area contributed by atoms with Gasteiger partial charge in [0.25, 0.3) is 10.1 Å². The Balaban J connectivity index is 3.99. The summed E-state index contributed by atoms with van der Waals surface area (Å²) >= 11 is 8.09. The number of benzene rings is 1. The van der Waals surface area contributed by atoms with E-state index in [0.717, 1.165) is 18.2 Å². The van der Waals surface area contributed by atoms with Crippen LogP contribution in [0.4, 0.5) is 0 Å². The van der Waals surface area contributed by atoms with Crippen LogP contribution in [0.5, 0.6) is 0 Å². The van der Waals surface area contributed by atoms with Crippen LogP contribution >= 0.6 is 47.8 Å². The zero-order valence-electron chi connectivity index (χ0n) is 9.12. The van der Waals surface area contributed by atoms with Gasteiger partial charge in [-0.15, -0.1) is 0 Å². The lowest BCUT2D eigenvalue weighted by molar-refractivity contribution is 0.0692. The van der Waals surface area contributed by atoms with E-state index in [9.17, 15) is 21.6 Å². The molecule has 0 aliphatic rings. The number of alkyl halides is 3. The topological polar surface area (TPSA) is 126 Å². The van der Waals surface area contributed by atoms with Gasteiger partial charge in [0.05, 0.1) is 5.56 Å². The van der Waals surface area contributed by atoms with Gasteiger partial charge in [-0.2, -0.15) is 8.42 Å². The first kappa shape index (κ1) is 18.0. The normalized spacial score (nSPS) is 13.2. The van der Waals surface area contributed by atoms with Crippen molar-refractivity contribution in [2.45, 2.75) is 11.3 Å². The molecule has 0 aliphatic carbocycles. The van der Waals surface area contributed by atoms with E-state index in [1.165, 1.54) is 0 Å². The number of halogens is 3. The smallest absolute Gasteiger partial charge is 0.337 e. The SMILES string of the molecule is O=C(O)c1cccc(S(=O)(=O)O)c1S(=O)(=O)C(Br)(Br)Br. The minimum atomic E-state index is -4.94. The van der Waals surface area contributed by atoms with Crippen LogP contribution in [0.3, 0.4) is 0 Å². The van der Waals surface area contributed by atoms with Crippen LogP contribution in [0.1, 0.15) is 10.4 Å². The van der Waals surface area contributed by atoms with Crippen molar-refractivity contribution < 1.29 is 31.3 Å². The zero-order chi connectivity index (χ0) is 15.9. The third-order valence-corrected chi connectivity index (χ3v) is 8.51. The minimum Gasteiger partial charge on any atom is -0.478 e. The summed E-state index contributed by atoms with van der Waals surface area (Å²) < 4.78 is 54.1. The molecule has 0 saturated heterocycles. The van der Waals surface area contributed by atoms with Gasteiger partial charge in [-0.1, -0.05) is 6.07 Å². The van der Waals surface area contributed by atoms with Crippen LogP contribution in [0.25, 0.3) is 0 Å². The van der Waals surface area contributed by atoms with Crippen LogP contribution in [0.15, 0.2) is 28.0 Å². The number of carbonyl (C=O) groups is 1. The van der Waals surface area contributed by atoms with Crippen LogP contribution in [-0.4, -0.2) is 33.9 Å². The molecule has 0 radical (unpaired) electrons. The van der Waals surface area contributed by atoms with Gasteiger partial charge >= 0.3 is 5.97 Å². The van der Waals surface area contributed by atoms with Gasteiger partial charge in [-0.25, -0.2) is 13.2 Å². The Morgan fingerprint density at radius 3 is 1.95 bits per heavy atom. The number of hydrogen-bond donors (Lipinski definition) is 2. The van der Waals surface area contributed by atoms with Gasteiger partial charge in [-0.05, 0) is 59.9 Å². The molecule has 2 N–H and O–H groups in total. The van der Waals surface area contributed by atoms with Gasteiger partial charge in [0.15, 0.2) is 0 Å². The summed E-state index contributed by atoms with van der Waals surface area (Å²) in [6, 6.07) is 2.69. The molecule has 0 amide bonds. The van der Waals surface area contributed by atoms with Crippen molar-refractivity contribution in [3.05, 3.63) is 23.8 Å². The van der Waals surface area contributed by atoms with Crippen LogP contribution < -0.4 is 0 Å². The van der Waals surface area contributed by atoms with Crippen LogP contribution in [0.2, 0.25) is 0 Å². The lowest BCUT2D eigenvalue weighted by Gasteiger charge is -2.17. The van der Waals surface area contributed by atoms with Crippen molar-refractivity contribution in [3.63, 3.8) is 0 Å². The lowest BCUT2D eigenvalue weighted by atomic mass is 10.2. The molecule has 1 aromatic carbocycles. The third kappa shape index (κ3) is 3.42. The summed E-state index contributed by atoms with van der Waals surface area (Å²) in [5, 5.41) is 9.00. The molecule has 1 rings (SSSR count). The van der Waals surface area contributed by atoms with Crippen molar-refractivity contribution in [1.82, 2.24) is 0 Å². The van der Waals surface area contributed by atoms with E-state index in [4.69, 9.17) is 9.66 Å².